The van der Waals surface area contributed by atoms with Crippen LogP contribution in [0.2, 0.25) is 0 Å². The molecule has 0 saturated carbocycles. The molecule has 15 heavy (non-hydrogen) atoms. The molecule has 1 aromatic rings. The maximum Gasteiger partial charge on any atom is 0.323 e. The Morgan fingerprint density at radius 2 is 2.13 bits per heavy atom. The third-order valence-electron chi connectivity index (χ3n) is 3.24. The van der Waals surface area contributed by atoms with Crippen molar-refractivity contribution in [3.63, 3.8) is 0 Å². The number of hydrogen-bond donors (Lipinski definition) is 1. The number of benzene rings is 1. The van der Waals surface area contributed by atoms with Gasteiger partial charge in [-0.25, -0.2) is 0 Å². The molecule has 0 radical (unpaired) electrons. The Bertz CT molecular complexity index is 363. The minimum atomic E-state index is -0.718. The number of carbonyl (C=O) groups is 1. The number of likely N-dealkylation sites (tertiary alicyclic amines) is 1. The van der Waals surface area contributed by atoms with Crippen molar-refractivity contribution in [1.82, 2.24) is 4.90 Å². The van der Waals surface area contributed by atoms with E-state index >= 15 is 0 Å². The zero-order chi connectivity index (χ0) is 10.9. The fraction of sp³-hybridized carbons (Fsp3) is 0.417. The number of carboxylic acids is 1. The minimum absolute atomic E-state index is 0.657. The largest absolute Gasteiger partial charge is 0.480 e. The fourth-order valence-corrected chi connectivity index (χ4v) is 1.90. The number of hydrogen-bond acceptors (Lipinski definition) is 2. The van der Waals surface area contributed by atoms with Crippen molar-refractivity contribution in [1.29, 1.82) is 0 Å². The number of nitrogens with zero attached hydrogens (tertiary/aromatic N) is 1. The number of rotatable bonds is 3. The van der Waals surface area contributed by atoms with E-state index in [4.69, 9.17) is 5.11 Å². The van der Waals surface area contributed by atoms with Crippen LogP contribution in [0.4, 0.5) is 0 Å². The van der Waals surface area contributed by atoms with Gasteiger partial charge in [-0.2, -0.15) is 0 Å². The zero-order valence-corrected chi connectivity index (χ0v) is 8.81. The molecule has 1 aliphatic heterocycles. The second kappa shape index (κ2) is 3.66. The van der Waals surface area contributed by atoms with Crippen LogP contribution in [0.5, 0.6) is 0 Å². The van der Waals surface area contributed by atoms with Crippen molar-refractivity contribution in [2.45, 2.75) is 25.4 Å². The molecule has 0 spiro atoms. The molecular weight excluding hydrogens is 190 g/mol. The van der Waals surface area contributed by atoms with Gasteiger partial charge >= 0.3 is 5.97 Å². The van der Waals surface area contributed by atoms with Crippen molar-refractivity contribution in [2.75, 3.05) is 6.54 Å². The lowest BCUT2D eigenvalue weighted by molar-refractivity contribution is -0.160. The highest BCUT2D eigenvalue weighted by Crippen LogP contribution is 2.31. The normalized spacial score (nSPS) is 25.9. The summed E-state index contributed by atoms with van der Waals surface area (Å²) in [6.45, 7) is 3.39. The predicted octanol–water partition coefficient (Wildman–Crippen LogP) is 1.74. The van der Waals surface area contributed by atoms with Crippen molar-refractivity contribution >= 4 is 5.97 Å². The summed E-state index contributed by atoms with van der Waals surface area (Å²) in [4.78, 5) is 13.1. The quantitative estimate of drug-likeness (QED) is 0.817. The molecule has 1 fully saturated rings. The molecule has 80 valence electrons. The summed E-state index contributed by atoms with van der Waals surface area (Å²) in [5.74, 6) is -0.718. The average molecular weight is 205 g/mol. The van der Waals surface area contributed by atoms with E-state index in [1.165, 1.54) is 5.56 Å². The van der Waals surface area contributed by atoms with Crippen LogP contribution in [0.15, 0.2) is 30.3 Å². The Morgan fingerprint density at radius 3 is 2.60 bits per heavy atom. The standard InChI is InChI=1S/C12H15NO2/c1-12(11(14)15)7-8-13(12)9-10-5-3-2-4-6-10/h2-6H,7-9H2,1H3,(H,14,15)/t12-/m0/s1. The second-order valence-electron chi connectivity index (χ2n) is 4.24. The van der Waals surface area contributed by atoms with Crippen LogP contribution in [0.3, 0.4) is 0 Å². The topological polar surface area (TPSA) is 40.5 Å². The highest BCUT2D eigenvalue weighted by molar-refractivity contribution is 5.79. The van der Waals surface area contributed by atoms with Crippen LogP contribution in [0.25, 0.3) is 0 Å². The molecule has 1 aromatic carbocycles. The number of aliphatic carboxylic acids is 1. The molecule has 0 aliphatic carbocycles. The van der Waals surface area contributed by atoms with Gasteiger partial charge in [0.25, 0.3) is 0 Å². The van der Waals surface area contributed by atoms with Gasteiger partial charge in [0.1, 0.15) is 5.54 Å². The summed E-state index contributed by atoms with van der Waals surface area (Å²) < 4.78 is 0. The summed E-state index contributed by atoms with van der Waals surface area (Å²) in [7, 11) is 0. The Kier molecular flexibility index (Phi) is 2.49. The molecule has 0 amide bonds. The highest BCUT2D eigenvalue weighted by atomic mass is 16.4. The van der Waals surface area contributed by atoms with Gasteiger partial charge in [0.2, 0.25) is 0 Å². The fourth-order valence-electron chi connectivity index (χ4n) is 1.90. The maximum atomic E-state index is 11.1. The molecule has 2 rings (SSSR count). The molecular formula is C12H15NO2. The second-order valence-corrected chi connectivity index (χ2v) is 4.24. The first-order valence-electron chi connectivity index (χ1n) is 5.15. The van der Waals surface area contributed by atoms with Crippen LogP contribution < -0.4 is 0 Å². The molecule has 0 aromatic heterocycles. The van der Waals surface area contributed by atoms with Crippen molar-refractivity contribution in [3.05, 3.63) is 35.9 Å². The minimum Gasteiger partial charge on any atom is -0.480 e. The first kappa shape index (κ1) is 10.2. The van der Waals surface area contributed by atoms with E-state index in [0.717, 1.165) is 19.5 Å². The van der Waals surface area contributed by atoms with Crippen LogP contribution in [-0.2, 0) is 11.3 Å². The van der Waals surface area contributed by atoms with Gasteiger partial charge in [-0.15, -0.1) is 0 Å². The monoisotopic (exact) mass is 205 g/mol. The van der Waals surface area contributed by atoms with Crippen LogP contribution in [0, 0.1) is 0 Å². The SMILES string of the molecule is C[C@@]1(C(=O)O)CCN1Cc1ccccc1. The molecule has 1 heterocycles. The Balaban J connectivity index is 2.06. The van der Waals surface area contributed by atoms with Gasteiger partial charge in [0.05, 0.1) is 0 Å². The summed E-state index contributed by atoms with van der Waals surface area (Å²) >= 11 is 0. The van der Waals surface area contributed by atoms with Crippen LogP contribution in [-0.4, -0.2) is 28.1 Å². The van der Waals surface area contributed by atoms with Crippen LogP contribution in [0.1, 0.15) is 18.9 Å². The van der Waals surface area contributed by atoms with Crippen molar-refractivity contribution < 1.29 is 9.90 Å². The predicted molar refractivity (Wildman–Crippen MR) is 57.5 cm³/mol. The molecule has 3 nitrogen and oxygen atoms in total. The van der Waals surface area contributed by atoms with Gasteiger partial charge in [-0.05, 0) is 18.9 Å². The van der Waals surface area contributed by atoms with Crippen molar-refractivity contribution in [3.8, 4) is 0 Å². The average Bonchev–Trinajstić information content (AvgIpc) is 2.24. The summed E-state index contributed by atoms with van der Waals surface area (Å²) in [5, 5.41) is 9.10. The third kappa shape index (κ3) is 1.75. The van der Waals surface area contributed by atoms with Crippen LogP contribution >= 0.6 is 0 Å². The summed E-state index contributed by atoms with van der Waals surface area (Å²) in [6, 6.07) is 9.98. The van der Waals surface area contributed by atoms with E-state index in [0.29, 0.717) is 0 Å². The zero-order valence-electron chi connectivity index (χ0n) is 8.81. The van der Waals surface area contributed by atoms with E-state index in [1.807, 2.05) is 35.2 Å². The first-order chi connectivity index (χ1) is 7.13. The molecule has 3 heteroatoms. The summed E-state index contributed by atoms with van der Waals surface area (Å²) in [5.41, 5.74) is 0.514. The van der Waals surface area contributed by atoms with E-state index in [1.54, 1.807) is 6.92 Å². The maximum absolute atomic E-state index is 11.1. The third-order valence-corrected chi connectivity index (χ3v) is 3.24. The highest BCUT2D eigenvalue weighted by Gasteiger charge is 2.46. The molecule has 0 bridgehead atoms. The molecule has 1 aliphatic rings. The van der Waals surface area contributed by atoms with Gasteiger partial charge < -0.3 is 5.11 Å². The lowest BCUT2D eigenvalue weighted by Crippen LogP contribution is -2.61. The summed E-state index contributed by atoms with van der Waals surface area (Å²) in [6.07, 6.45) is 0.745. The molecule has 1 N–H and O–H groups in total. The van der Waals surface area contributed by atoms with Gasteiger partial charge in [0, 0.05) is 13.1 Å². The van der Waals surface area contributed by atoms with E-state index < -0.39 is 11.5 Å². The first-order valence-corrected chi connectivity index (χ1v) is 5.15. The molecule has 0 unspecified atom stereocenters. The van der Waals surface area contributed by atoms with Gasteiger partial charge in [-0.3, -0.25) is 9.69 Å². The smallest absolute Gasteiger partial charge is 0.323 e. The Labute approximate surface area is 89.3 Å². The van der Waals surface area contributed by atoms with E-state index in [-0.39, 0.29) is 0 Å². The molecule has 1 saturated heterocycles. The Hall–Kier alpha value is -1.35. The number of carboxylic acid groups (broad SMARTS) is 1. The lowest BCUT2D eigenvalue weighted by atomic mass is 9.86. The van der Waals surface area contributed by atoms with Crippen molar-refractivity contribution in [2.24, 2.45) is 0 Å². The van der Waals surface area contributed by atoms with Gasteiger partial charge in [0.15, 0.2) is 0 Å². The molecule has 1 atom stereocenters. The van der Waals surface area contributed by atoms with Gasteiger partial charge in [-0.1, -0.05) is 30.3 Å². The van der Waals surface area contributed by atoms with E-state index in [2.05, 4.69) is 0 Å². The lowest BCUT2D eigenvalue weighted by Gasteiger charge is -2.47. The van der Waals surface area contributed by atoms with E-state index in [9.17, 15) is 4.79 Å². The Morgan fingerprint density at radius 1 is 1.47 bits per heavy atom.